The smallest absolute Gasteiger partial charge is 0.303 e. The SMILES string of the molecule is O=C(O)CC1CCC2(CCNC2)C1. The highest BCUT2D eigenvalue weighted by atomic mass is 16.4. The molecule has 1 saturated carbocycles. The van der Waals surface area contributed by atoms with Crippen LogP contribution in [0.25, 0.3) is 0 Å². The molecule has 1 aliphatic carbocycles. The molecule has 13 heavy (non-hydrogen) atoms. The minimum atomic E-state index is -0.631. The van der Waals surface area contributed by atoms with Gasteiger partial charge >= 0.3 is 5.97 Å². The predicted octanol–water partition coefficient (Wildman–Crippen LogP) is 1.24. The first-order chi connectivity index (χ1) is 6.20. The highest BCUT2D eigenvalue weighted by Crippen LogP contribution is 2.46. The molecule has 2 unspecified atom stereocenters. The Morgan fingerprint density at radius 2 is 2.38 bits per heavy atom. The molecule has 0 amide bonds. The zero-order chi connectivity index (χ0) is 9.31. The third-order valence-electron chi connectivity index (χ3n) is 3.60. The molecule has 0 bridgehead atoms. The second kappa shape index (κ2) is 3.29. The van der Waals surface area contributed by atoms with Gasteiger partial charge in [0, 0.05) is 13.0 Å². The summed E-state index contributed by atoms with van der Waals surface area (Å²) < 4.78 is 0. The second-order valence-electron chi connectivity index (χ2n) is 4.63. The van der Waals surface area contributed by atoms with Crippen LogP contribution < -0.4 is 5.32 Å². The van der Waals surface area contributed by atoms with Crippen LogP contribution in [0.2, 0.25) is 0 Å². The lowest BCUT2D eigenvalue weighted by Crippen LogP contribution is -2.20. The predicted molar refractivity (Wildman–Crippen MR) is 49.5 cm³/mol. The number of hydrogen-bond acceptors (Lipinski definition) is 2. The fourth-order valence-electron chi connectivity index (χ4n) is 2.93. The lowest BCUT2D eigenvalue weighted by atomic mass is 9.84. The fraction of sp³-hybridized carbons (Fsp3) is 0.900. The normalized spacial score (nSPS) is 38.6. The van der Waals surface area contributed by atoms with Crippen LogP contribution in [0.5, 0.6) is 0 Å². The van der Waals surface area contributed by atoms with Crippen molar-refractivity contribution in [2.45, 2.75) is 32.1 Å². The zero-order valence-corrected chi connectivity index (χ0v) is 7.88. The zero-order valence-electron chi connectivity index (χ0n) is 7.88. The van der Waals surface area contributed by atoms with Gasteiger partial charge in [-0.05, 0) is 43.6 Å². The Morgan fingerprint density at radius 1 is 1.54 bits per heavy atom. The molecule has 2 aliphatic rings. The highest BCUT2D eigenvalue weighted by Gasteiger charge is 2.41. The fourth-order valence-corrected chi connectivity index (χ4v) is 2.93. The van der Waals surface area contributed by atoms with Crippen LogP contribution in [-0.2, 0) is 4.79 Å². The van der Waals surface area contributed by atoms with Crippen molar-refractivity contribution >= 4 is 5.97 Å². The quantitative estimate of drug-likeness (QED) is 0.677. The van der Waals surface area contributed by atoms with Crippen molar-refractivity contribution in [2.75, 3.05) is 13.1 Å². The first-order valence-electron chi connectivity index (χ1n) is 5.13. The summed E-state index contributed by atoms with van der Waals surface area (Å²) in [4.78, 5) is 10.5. The van der Waals surface area contributed by atoms with Gasteiger partial charge in [-0.25, -0.2) is 0 Å². The van der Waals surface area contributed by atoms with E-state index in [4.69, 9.17) is 5.11 Å². The van der Waals surface area contributed by atoms with E-state index >= 15 is 0 Å². The highest BCUT2D eigenvalue weighted by molar-refractivity contribution is 5.67. The molecule has 2 N–H and O–H groups in total. The molecule has 2 rings (SSSR count). The number of nitrogens with one attached hydrogen (secondary N) is 1. The van der Waals surface area contributed by atoms with E-state index in [1.165, 1.54) is 12.8 Å². The summed E-state index contributed by atoms with van der Waals surface area (Å²) in [6, 6.07) is 0. The number of aliphatic carboxylic acids is 1. The van der Waals surface area contributed by atoms with Gasteiger partial charge in [-0.1, -0.05) is 0 Å². The Balaban J connectivity index is 1.89. The molecule has 0 radical (unpaired) electrons. The molecular formula is C10H17NO2. The van der Waals surface area contributed by atoms with Crippen LogP contribution in [-0.4, -0.2) is 24.2 Å². The Labute approximate surface area is 78.5 Å². The van der Waals surface area contributed by atoms with E-state index in [0.29, 0.717) is 17.8 Å². The van der Waals surface area contributed by atoms with Crippen LogP contribution in [0.3, 0.4) is 0 Å². The Morgan fingerprint density at radius 3 is 3.00 bits per heavy atom. The maximum absolute atomic E-state index is 10.5. The van der Waals surface area contributed by atoms with Crippen molar-refractivity contribution in [1.29, 1.82) is 0 Å². The van der Waals surface area contributed by atoms with Crippen LogP contribution in [0.4, 0.5) is 0 Å². The van der Waals surface area contributed by atoms with Gasteiger partial charge in [-0.2, -0.15) is 0 Å². The van der Waals surface area contributed by atoms with E-state index < -0.39 is 5.97 Å². The number of rotatable bonds is 2. The largest absolute Gasteiger partial charge is 0.481 e. The van der Waals surface area contributed by atoms with E-state index in [1.807, 2.05) is 0 Å². The van der Waals surface area contributed by atoms with Gasteiger partial charge in [0.1, 0.15) is 0 Å². The van der Waals surface area contributed by atoms with E-state index in [2.05, 4.69) is 5.32 Å². The molecule has 0 aromatic rings. The van der Waals surface area contributed by atoms with E-state index in [1.54, 1.807) is 0 Å². The molecular weight excluding hydrogens is 166 g/mol. The van der Waals surface area contributed by atoms with E-state index in [-0.39, 0.29) is 0 Å². The van der Waals surface area contributed by atoms with Crippen molar-refractivity contribution in [2.24, 2.45) is 11.3 Å². The molecule has 3 heteroatoms. The van der Waals surface area contributed by atoms with Crippen molar-refractivity contribution in [3.8, 4) is 0 Å². The Hall–Kier alpha value is -0.570. The third kappa shape index (κ3) is 1.85. The van der Waals surface area contributed by atoms with Gasteiger partial charge in [0.25, 0.3) is 0 Å². The Bertz CT molecular complexity index is 209. The maximum Gasteiger partial charge on any atom is 0.303 e. The first kappa shape index (κ1) is 9.00. The summed E-state index contributed by atoms with van der Waals surface area (Å²) in [5, 5.41) is 12.1. The lowest BCUT2D eigenvalue weighted by molar-refractivity contribution is -0.138. The van der Waals surface area contributed by atoms with Crippen LogP contribution >= 0.6 is 0 Å². The topological polar surface area (TPSA) is 49.3 Å². The Kier molecular flexibility index (Phi) is 2.28. The minimum Gasteiger partial charge on any atom is -0.481 e. The summed E-state index contributed by atoms with van der Waals surface area (Å²) in [7, 11) is 0. The second-order valence-corrected chi connectivity index (χ2v) is 4.63. The van der Waals surface area contributed by atoms with Crippen LogP contribution in [0, 0.1) is 11.3 Å². The number of carboxylic acid groups (broad SMARTS) is 1. The summed E-state index contributed by atoms with van der Waals surface area (Å²) in [5.41, 5.74) is 0.472. The van der Waals surface area contributed by atoms with Crippen LogP contribution in [0.15, 0.2) is 0 Å². The molecule has 74 valence electrons. The monoisotopic (exact) mass is 183 g/mol. The molecule has 1 heterocycles. The van der Waals surface area contributed by atoms with Crippen LogP contribution in [0.1, 0.15) is 32.1 Å². The van der Waals surface area contributed by atoms with Gasteiger partial charge in [0.05, 0.1) is 0 Å². The molecule has 1 saturated heterocycles. The van der Waals surface area contributed by atoms with Gasteiger partial charge < -0.3 is 10.4 Å². The average Bonchev–Trinajstić information content (AvgIpc) is 2.63. The van der Waals surface area contributed by atoms with Gasteiger partial charge in [0.15, 0.2) is 0 Å². The first-order valence-corrected chi connectivity index (χ1v) is 5.13. The van der Waals surface area contributed by atoms with Crippen molar-refractivity contribution in [1.82, 2.24) is 5.32 Å². The summed E-state index contributed by atoms with van der Waals surface area (Å²) in [6.07, 6.45) is 5.11. The molecule has 2 atom stereocenters. The molecule has 0 aromatic heterocycles. The van der Waals surface area contributed by atoms with E-state index in [0.717, 1.165) is 25.9 Å². The van der Waals surface area contributed by atoms with Gasteiger partial charge in [-0.15, -0.1) is 0 Å². The molecule has 3 nitrogen and oxygen atoms in total. The number of carbonyl (C=O) groups is 1. The van der Waals surface area contributed by atoms with E-state index in [9.17, 15) is 4.79 Å². The summed E-state index contributed by atoms with van der Waals surface area (Å²) >= 11 is 0. The van der Waals surface area contributed by atoms with Gasteiger partial charge in [0.2, 0.25) is 0 Å². The third-order valence-corrected chi connectivity index (χ3v) is 3.60. The molecule has 1 spiro atoms. The average molecular weight is 183 g/mol. The number of carboxylic acids is 1. The maximum atomic E-state index is 10.5. The van der Waals surface area contributed by atoms with Gasteiger partial charge in [-0.3, -0.25) is 4.79 Å². The molecule has 2 fully saturated rings. The molecule has 0 aromatic carbocycles. The van der Waals surface area contributed by atoms with Crippen molar-refractivity contribution in [3.63, 3.8) is 0 Å². The number of hydrogen-bond donors (Lipinski definition) is 2. The standard InChI is InChI=1S/C10H17NO2/c12-9(13)5-8-1-2-10(6-8)3-4-11-7-10/h8,11H,1-7H2,(H,12,13). The summed E-state index contributed by atoms with van der Waals surface area (Å²) in [6.45, 7) is 2.24. The minimum absolute atomic E-state index is 0.377. The van der Waals surface area contributed by atoms with Crippen molar-refractivity contribution < 1.29 is 9.90 Å². The molecule has 1 aliphatic heterocycles. The summed E-state index contributed by atoms with van der Waals surface area (Å²) in [5.74, 6) is -0.189. The van der Waals surface area contributed by atoms with Crippen molar-refractivity contribution in [3.05, 3.63) is 0 Å². The lowest BCUT2D eigenvalue weighted by Gasteiger charge is -2.21.